The van der Waals surface area contributed by atoms with E-state index in [2.05, 4.69) is 16.0 Å². The quantitative estimate of drug-likeness (QED) is 0.307. The zero-order chi connectivity index (χ0) is 27.8. The van der Waals surface area contributed by atoms with Crippen LogP contribution < -0.4 is 25.3 Å². The van der Waals surface area contributed by atoms with Crippen molar-refractivity contribution in [1.29, 1.82) is 0 Å². The standard InChI is InChI=1S/C27H28Cl2N4O5S/c28-21-8-11-25(24(29)16-21)38-33(22-4-2-1-3-5-22)39(36,37)23-9-6-20(7-10-23)27(35)32-18-26(34)31-17-19-12-14-30-15-13-19/h1-11,16,19,30H,12-15,17-18H2,(H,31,34)(H,32,35). The van der Waals surface area contributed by atoms with Crippen LogP contribution in [0.5, 0.6) is 5.75 Å². The van der Waals surface area contributed by atoms with Crippen molar-refractivity contribution < 1.29 is 22.8 Å². The molecule has 3 aromatic carbocycles. The largest absolute Gasteiger partial charge is 0.363 e. The third-order valence-corrected chi connectivity index (χ3v) is 8.25. The van der Waals surface area contributed by atoms with Crippen LogP contribution in [0.25, 0.3) is 0 Å². The van der Waals surface area contributed by atoms with Gasteiger partial charge in [-0.25, -0.2) is 0 Å². The molecule has 12 heteroatoms. The number of halogens is 2. The van der Waals surface area contributed by atoms with Gasteiger partial charge >= 0.3 is 0 Å². The lowest BCUT2D eigenvalue weighted by molar-refractivity contribution is -0.120. The number of para-hydroxylation sites is 1. The van der Waals surface area contributed by atoms with Crippen LogP contribution in [0.4, 0.5) is 5.69 Å². The molecule has 0 unspecified atom stereocenters. The molecule has 1 aliphatic rings. The predicted molar refractivity (Wildman–Crippen MR) is 151 cm³/mol. The maximum Gasteiger partial charge on any atom is 0.295 e. The normalized spacial score (nSPS) is 13.9. The highest BCUT2D eigenvalue weighted by atomic mass is 35.5. The van der Waals surface area contributed by atoms with Crippen LogP contribution in [-0.2, 0) is 14.8 Å². The van der Waals surface area contributed by atoms with Crippen molar-refractivity contribution in [1.82, 2.24) is 16.0 Å². The molecule has 0 spiro atoms. The highest BCUT2D eigenvalue weighted by Crippen LogP contribution is 2.32. The number of hydrogen-bond acceptors (Lipinski definition) is 6. The van der Waals surface area contributed by atoms with Crippen molar-refractivity contribution in [3.63, 3.8) is 0 Å². The Labute approximate surface area is 237 Å². The number of anilines is 1. The molecular formula is C27H28Cl2N4O5S. The van der Waals surface area contributed by atoms with Crippen molar-refractivity contribution >= 4 is 50.7 Å². The van der Waals surface area contributed by atoms with Gasteiger partial charge in [-0.3, -0.25) is 9.59 Å². The van der Waals surface area contributed by atoms with Gasteiger partial charge in [0.15, 0.2) is 5.75 Å². The SMILES string of the molecule is O=C(CNC(=O)c1ccc(S(=O)(=O)N(Oc2ccc(Cl)cc2Cl)c2ccccc2)cc1)NCC1CCNCC1. The van der Waals surface area contributed by atoms with Crippen molar-refractivity contribution in [2.24, 2.45) is 5.92 Å². The van der Waals surface area contributed by atoms with E-state index in [0.717, 1.165) is 30.4 Å². The fourth-order valence-electron chi connectivity index (χ4n) is 3.97. The summed E-state index contributed by atoms with van der Waals surface area (Å²) in [7, 11) is -4.25. The lowest BCUT2D eigenvalue weighted by Gasteiger charge is -2.24. The highest BCUT2D eigenvalue weighted by Gasteiger charge is 2.28. The summed E-state index contributed by atoms with van der Waals surface area (Å²) < 4.78 is 27.9. The number of rotatable bonds is 10. The fourth-order valence-corrected chi connectivity index (χ4v) is 5.66. The van der Waals surface area contributed by atoms with E-state index in [1.54, 1.807) is 30.3 Å². The summed E-state index contributed by atoms with van der Waals surface area (Å²) in [6, 6.07) is 18.0. The molecule has 0 atom stereocenters. The number of piperidine rings is 1. The topological polar surface area (TPSA) is 117 Å². The number of carbonyl (C=O) groups is 2. The number of carbonyl (C=O) groups excluding carboxylic acids is 2. The second kappa shape index (κ2) is 13.2. The van der Waals surface area contributed by atoms with Crippen LogP contribution in [0.15, 0.2) is 77.7 Å². The van der Waals surface area contributed by atoms with E-state index in [1.807, 2.05) is 0 Å². The fraction of sp³-hybridized carbons (Fsp3) is 0.259. The second-order valence-corrected chi connectivity index (χ2v) is 11.5. The molecule has 0 aromatic heterocycles. The summed E-state index contributed by atoms with van der Waals surface area (Å²) in [6.45, 7) is 2.27. The zero-order valence-electron chi connectivity index (χ0n) is 20.9. The van der Waals surface area contributed by atoms with E-state index in [0.29, 0.717) is 17.5 Å². The Kier molecular flexibility index (Phi) is 9.68. The van der Waals surface area contributed by atoms with E-state index >= 15 is 0 Å². The number of sulfonamides is 1. The van der Waals surface area contributed by atoms with Gasteiger partial charge in [-0.2, -0.15) is 8.42 Å². The monoisotopic (exact) mass is 590 g/mol. The van der Waals surface area contributed by atoms with Gasteiger partial charge in [-0.05, 0) is 86.4 Å². The van der Waals surface area contributed by atoms with Crippen LogP contribution in [0.2, 0.25) is 10.0 Å². The van der Waals surface area contributed by atoms with Crippen LogP contribution in [0.1, 0.15) is 23.2 Å². The van der Waals surface area contributed by atoms with E-state index in [-0.39, 0.29) is 39.4 Å². The molecule has 9 nitrogen and oxygen atoms in total. The minimum atomic E-state index is -4.25. The molecule has 1 fully saturated rings. The Morgan fingerprint density at radius 1 is 0.949 bits per heavy atom. The molecular weight excluding hydrogens is 563 g/mol. The maximum atomic E-state index is 13.6. The Morgan fingerprint density at radius 3 is 2.31 bits per heavy atom. The summed E-state index contributed by atoms with van der Waals surface area (Å²) in [5, 5.41) is 9.19. The predicted octanol–water partition coefficient (Wildman–Crippen LogP) is 4.03. The maximum absolute atomic E-state index is 13.6. The van der Waals surface area contributed by atoms with Gasteiger partial charge < -0.3 is 20.8 Å². The van der Waals surface area contributed by atoms with Crippen LogP contribution in [0.3, 0.4) is 0 Å². The summed E-state index contributed by atoms with van der Waals surface area (Å²) in [5.41, 5.74) is 0.439. The van der Waals surface area contributed by atoms with Crippen molar-refractivity contribution in [2.75, 3.05) is 30.6 Å². The first-order valence-corrected chi connectivity index (χ1v) is 14.5. The van der Waals surface area contributed by atoms with Gasteiger partial charge in [-0.1, -0.05) is 45.9 Å². The smallest absolute Gasteiger partial charge is 0.295 e. The number of amides is 2. The molecule has 0 bridgehead atoms. The molecule has 1 saturated heterocycles. The molecule has 0 radical (unpaired) electrons. The molecule has 1 heterocycles. The Balaban J connectivity index is 1.43. The molecule has 4 rings (SSSR count). The van der Waals surface area contributed by atoms with E-state index in [1.165, 1.54) is 42.5 Å². The second-order valence-electron chi connectivity index (χ2n) is 8.94. The lowest BCUT2D eigenvalue weighted by atomic mass is 9.98. The summed E-state index contributed by atoms with van der Waals surface area (Å²) in [6.07, 6.45) is 2.00. The minimum Gasteiger partial charge on any atom is -0.363 e. The highest BCUT2D eigenvalue weighted by molar-refractivity contribution is 7.92. The molecule has 1 aliphatic heterocycles. The van der Waals surface area contributed by atoms with Crippen molar-refractivity contribution in [3.8, 4) is 5.75 Å². The van der Waals surface area contributed by atoms with E-state index < -0.39 is 15.9 Å². The van der Waals surface area contributed by atoms with Gasteiger partial charge in [0.1, 0.15) is 0 Å². The third-order valence-electron chi connectivity index (χ3n) is 6.13. The van der Waals surface area contributed by atoms with E-state index in [9.17, 15) is 18.0 Å². The Bertz CT molecular complexity index is 1400. The Hall–Kier alpha value is -3.31. The van der Waals surface area contributed by atoms with E-state index in [4.69, 9.17) is 28.0 Å². The van der Waals surface area contributed by atoms with Gasteiger partial charge in [0.25, 0.3) is 15.9 Å². The van der Waals surface area contributed by atoms with Crippen molar-refractivity contribution in [2.45, 2.75) is 17.7 Å². The number of hydrogen-bond donors (Lipinski definition) is 3. The molecule has 0 aliphatic carbocycles. The molecule has 39 heavy (non-hydrogen) atoms. The van der Waals surface area contributed by atoms with Gasteiger partial charge in [0, 0.05) is 17.1 Å². The number of nitrogens with zero attached hydrogens (tertiary/aromatic N) is 1. The Morgan fingerprint density at radius 2 is 1.64 bits per heavy atom. The van der Waals surface area contributed by atoms with Crippen LogP contribution in [-0.4, -0.2) is 46.4 Å². The molecule has 3 aromatic rings. The molecule has 3 N–H and O–H groups in total. The van der Waals surface area contributed by atoms with Crippen LogP contribution >= 0.6 is 23.2 Å². The first kappa shape index (κ1) is 28.7. The van der Waals surface area contributed by atoms with Gasteiger partial charge in [-0.15, -0.1) is 0 Å². The lowest BCUT2D eigenvalue weighted by Crippen LogP contribution is -2.40. The van der Waals surface area contributed by atoms with Gasteiger partial charge in [0.2, 0.25) is 5.91 Å². The first-order valence-electron chi connectivity index (χ1n) is 12.3. The molecule has 0 saturated carbocycles. The minimum absolute atomic E-state index is 0.0860. The van der Waals surface area contributed by atoms with Crippen molar-refractivity contribution in [3.05, 3.63) is 88.4 Å². The molecule has 206 valence electrons. The third kappa shape index (κ3) is 7.63. The summed E-state index contributed by atoms with van der Waals surface area (Å²) in [5.74, 6) is -0.267. The number of nitrogens with one attached hydrogen (secondary N) is 3. The summed E-state index contributed by atoms with van der Waals surface area (Å²) in [4.78, 5) is 30.3. The average Bonchev–Trinajstić information content (AvgIpc) is 2.95. The summed E-state index contributed by atoms with van der Waals surface area (Å²) >= 11 is 12.2. The average molecular weight is 592 g/mol. The van der Waals surface area contributed by atoms with Gasteiger partial charge in [0.05, 0.1) is 22.2 Å². The number of benzene rings is 3. The van der Waals surface area contributed by atoms with Crippen LogP contribution in [0, 0.1) is 5.92 Å². The zero-order valence-corrected chi connectivity index (χ0v) is 23.2. The molecule has 2 amide bonds. The first-order chi connectivity index (χ1) is 18.7.